The van der Waals surface area contributed by atoms with Crippen molar-refractivity contribution in [2.24, 2.45) is 22.7 Å². The van der Waals surface area contributed by atoms with Crippen LogP contribution in [0.3, 0.4) is 0 Å². The van der Waals surface area contributed by atoms with Gasteiger partial charge in [-0.2, -0.15) is 5.10 Å². The molecule has 0 radical (unpaired) electrons. The van der Waals surface area contributed by atoms with Gasteiger partial charge in [-0.3, -0.25) is 14.4 Å². The molecular weight excluding hydrogens is 584 g/mol. The molecule has 1 heterocycles. The Morgan fingerprint density at radius 1 is 1.11 bits per heavy atom. The van der Waals surface area contributed by atoms with Gasteiger partial charge in [0.05, 0.1) is 31.1 Å². The van der Waals surface area contributed by atoms with Gasteiger partial charge in [-0.15, -0.1) is 0 Å². The summed E-state index contributed by atoms with van der Waals surface area (Å²) in [4.78, 5) is 52.6. The van der Waals surface area contributed by atoms with Crippen LogP contribution in [0.15, 0.2) is 63.2 Å². The van der Waals surface area contributed by atoms with Crippen molar-refractivity contribution >= 4 is 29.8 Å². The van der Waals surface area contributed by atoms with E-state index in [1.807, 2.05) is 6.92 Å². The van der Waals surface area contributed by atoms with E-state index >= 15 is 0 Å². The number of carbonyl (C=O) groups is 4. The van der Waals surface area contributed by atoms with E-state index in [9.17, 15) is 24.3 Å². The number of rotatable bonds is 6. The third-order valence-electron chi connectivity index (χ3n) is 7.56. The van der Waals surface area contributed by atoms with Gasteiger partial charge in [0.1, 0.15) is 11.8 Å². The van der Waals surface area contributed by atoms with Crippen LogP contribution in [0.25, 0.3) is 0 Å². The number of nitrogens with zero attached hydrogens (tertiary/aromatic N) is 2. The Morgan fingerprint density at radius 3 is 2.33 bits per heavy atom. The second-order valence-electron chi connectivity index (χ2n) is 11.4. The van der Waals surface area contributed by atoms with Crippen molar-refractivity contribution in [2.75, 3.05) is 35.4 Å². The Bertz CT molecular complexity index is 1330. The summed E-state index contributed by atoms with van der Waals surface area (Å²) in [5.41, 5.74) is 5.87. The fraction of sp³-hybridized carbons (Fsp3) is 0.531. The number of aliphatic hydroxyl groups is 1. The number of nitrogens with one attached hydrogen (secondary N) is 1. The topological polar surface area (TPSA) is 179 Å². The van der Waals surface area contributed by atoms with Gasteiger partial charge in [-0.05, 0) is 38.2 Å². The van der Waals surface area contributed by atoms with Crippen LogP contribution >= 0.6 is 0 Å². The number of methoxy groups -OCH3 is 3. The molecule has 13 heteroatoms. The molecule has 0 fully saturated rings. The van der Waals surface area contributed by atoms with E-state index in [2.05, 4.69) is 10.4 Å². The number of Topliss-reactive ketones (excluding diaryl/α,β-unsaturated/α-hetero) is 2. The van der Waals surface area contributed by atoms with E-state index in [0.29, 0.717) is 12.0 Å². The third-order valence-corrected chi connectivity index (χ3v) is 7.56. The highest BCUT2D eigenvalue weighted by molar-refractivity contribution is 6.32. The number of hydrazone groups is 1. The summed E-state index contributed by atoms with van der Waals surface area (Å²) in [5.74, 6) is -2.70. The summed E-state index contributed by atoms with van der Waals surface area (Å²) in [5, 5.41) is 19.4. The molecule has 13 nitrogen and oxygen atoms in total. The zero-order valence-electron chi connectivity index (χ0n) is 27.5. The molecule has 6 unspecified atom stereocenters. The van der Waals surface area contributed by atoms with Gasteiger partial charge in [0.15, 0.2) is 11.9 Å². The fourth-order valence-corrected chi connectivity index (χ4v) is 5.17. The van der Waals surface area contributed by atoms with Crippen molar-refractivity contribution in [3.63, 3.8) is 0 Å². The minimum absolute atomic E-state index is 0.0919. The van der Waals surface area contributed by atoms with Crippen molar-refractivity contribution in [1.82, 2.24) is 10.3 Å². The van der Waals surface area contributed by atoms with Crippen LogP contribution in [0, 0.1) is 11.8 Å². The van der Waals surface area contributed by atoms with Crippen molar-refractivity contribution in [1.29, 1.82) is 0 Å². The van der Waals surface area contributed by atoms with Crippen LogP contribution < -0.4 is 11.1 Å². The molecule has 2 aliphatic rings. The van der Waals surface area contributed by atoms with Crippen LogP contribution in [0.4, 0.5) is 4.79 Å². The molecule has 0 aromatic carbocycles. The number of hydrogen-bond donors (Lipinski definition) is 3. The number of ether oxygens (including phenoxy) is 4. The van der Waals surface area contributed by atoms with Gasteiger partial charge in [-0.25, -0.2) is 4.79 Å². The highest BCUT2D eigenvalue weighted by Crippen LogP contribution is 2.31. The minimum Gasteiger partial charge on any atom is -0.492 e. The summed E-state index contributed by atoms with van der Waals surface area (Å²) in [7, 11) is 7.49. The molecule has 0 aromatic heterocycles. The minimum atomic E-state index is -1.01. The predicted molar refractivity (Wildman–Crippen MR) is 168 cm³/mol. The normalized spacial score (nSPS) is 30.8. The van der Waals surface area contributed by atoms with Crippen LogP contribution in [0.2, 0.25) is 0 Å². The zero-order chi connectivity index (χ0) is 34.0. The van der Waals surface area contributed by atoms with E-state index in [4.69, 9.17) is 24.7 Å². The molecular formula is C32H46N4O9. The number of amides is 2. The lowest BCUT2D eigenvalue weighted by Crippen LogP contribution is -2.38. The van der Waals surface area contributed by atoms with Crippen molar-refractivity contribution in [3.8, 4) is 0 Å². The molecule has 248 valence electrons. The Labute approximate surface area is 264 Å². The van der Waals surface area contributed by atoms with E-state index < -0.39 is 53.9 Å². The summed E-state index contributed by atoms with van der Waals surface area (Å²) >= 11 is 0. The van der Waals surface area contributed by atoms with Crippen LogP contribution in [0.5, 0.6) is 0 Å². The first kappa shape index (κ1) is 37.1. The van der Waals surface area contributed by atoms with Gasteiger partial charge in [0, 0.05) is 45.4 Å². The van der Waals surface area contributed by atoms with Crippen molar-refractivity contribution in [3.05, 3.63) is 58.1 Å². The Kier molecular flexibility index (Phi) is 13.9. The van der Waals surface area contributed by atoms with Crippen LogP contribution in [-0.4, -0.2) is 99.7 Å². The highest BCUT2D eigenvalue weighted by atomic mass is 16.6. The maximum Gasteiger partial charge on any atom is 0.405 e. The second kappa shape index (κ2) is 16.8. The molecule has 0 saturated carbocycles. The zero-order valence-corrected chi connectivity index (χ0v) is 27.5. The first-order valence-electron chi connectivity index (χ1n) is 14.5. The predicted octanol–water partition coefficient (Wildman–Crippen LogP) is 2.33. The molecule has 4 N–H and O–H groups in total. The average molecular weight is 631 g/mol. The van der Waals surface area contributed by atoms with E-state index in [-0.39, 0.29) is 40.5 Å². The number of carbonyl (C=O) groups excluding carboxylic acids is 4. The van der Waals surface area contributed by atoms with E-state index in [1.54, 1.807) is 40.1 Å². The Hall–Kier alpha value is -4.07. The molecule has 2 amide bonds. The number of hydrogen-bond acceptors (Lipinski definition) is 11. The molecule has 2 rings (SSSR count). The average Bonchev–Trinajstić information content (AvgIpc) is 2.98. The monoisotopic (exact) mass is 630 g/mol. The molecule has 1 aliphatic heterocycles. The Balaban J connectivity index is 2.75. The standard InChI is InChI=1S/C32H46N4O9/c1-17-13-21-27(38)25(22(16-34-36(5)6)28(39)30(21)44-9)35-31(40)18(2)11-10-12-23(42-7)29(45-32(33)41)20(4)15-19(3)26(37)24(14-17)43-8/h10-12,15-17,19,23-24,26,29,37H,13-14H2,1-9H3,(H2,33,41)(H,35,40)/b12-10-,18-11+,20-15+,34-16?. The van der Waals surface area contributed by atoms with Crippen LogP contribution in [-0.2, 0) is 33.3 Å². The summed E-state index contributed by atoms with van der Waals surface area (Å²) in [6, 6.07) is 0. The molecule has 6 atom stereocenters. The third kappa shape index (κ3) is 9.71. The first-order valence-corrected chi connectivity index (χ1v) is 14.5. The fourth-order valence-electron chi connectivity index (χ4n) is 5.17. The molecule has 2 bridgehead atoms. The SMILES string of the molecule is COC1=C2CC(C)CC(OC)C(O)C(C)/C=C(\C)C(OC(N)=O)C(OC)/C=C\C=C(/C)C(=O)NC(=C(C=NN(C)C)C1=O)C2=O. The first-order chi connectivity index (χ1) is 21.2. The Morgan fingerprint density at radius 2 is 1.78 bits per heavy atom. The maximum absolute atomic E-state index is 13.9. The number of allylic oxidation sites excluding steroid dienone is 4. The summed E-state index contributed by atoms with van der Waals surface area (Å²) in [6.45, 7) is 6.90. The lowest BCUT2D eigenvalue weighted by atomic mass is 9.84. The molecule has 0 spiro atoms. The number of primary amides is 1. The number of aliphatic hydroxyl groups excluding tert-OH is 1. The van der Waals surface area contributed by atoms with Crippen molar-refractivity contribution < 1.29 is 43.2 Å². The molecule has 0 saturated heterocycles. The van der Waals surface area contributed by atoms with Gasteiger partial charge in [0.25, 0.3) is 5.91 Å². The smallest absolute Gasteiger partial charge is 0.405 e. The van der Waals surface area contributed by atoms with E-state index in [0.717, 1.165) is 0 Å². The van der Waals surface area contributed by atoms with Crippen LogP contribution in [0.1, 0.15) is 40.5 Å². The molecule has 1 aliphatic carbocycles. The summed E-state index contributed by atoms with van der Waals surface area (Å²) < 4.78 is 22.0. The van der Waals surface area contributed by atoms with Gasteiger partial charge >= 0.3 is 6.09 Å². The lowest BCUT2D eigenvalue weighted by molar-refractivity contribution is -0.121. The second-order valence-corrected chi connectivity index (χ2v) is 11.4. The number of nitrogens with two attached hydrogens (primary N) is 1. The maximum atomic E-state index is 13.9. The quantitative estimate of drug-likeness (QED) is 0.171. The highest BCUT2D eigenvalue weighted by Gasteiger charge is 2.37. The van der Waals surface area contributed by atoms with E-state index in [1.165, 1.54) is 51.6 Å². The molecule has 0 aromatic rings. The number of ketones is 2. The lowest BCUT2D eigenvalue weighted by Gasteiger charge is -2.30. The van der Waals surface area contributed by atoms with Crippen molar-refractivity contribution in [2.45, 2.75) is 65.0 Å². The largest absolute Gasteiger partial charge is 0.492 e. The van der Waals surface area contributed by atoms with Gasteiger partial charge in [0.2, 0.25) is 11.6 Å². The summed E-state index contributed by atoms with van der Waals surface area (Å²) in [6.07, 6.45) is 3.55. The number of fused-ring (bicyclic) bond motifs is 2. The molecule has 45 heavy (non-hydrogen) atoms. The van der Waals surface area contributed by atoms with Gasteiger partial charge < -0.3 is 40.1 Å². The van der Waals surface area contributed by atoms with Gasteiger partial charge in [-0.1, -0.05) is 38.2 Å².